The smallest absolute Gasteiger partial charge is 0.307 e. The fraction of sp³-hybridized carbons (Fsp3) is 0.308. The number of carboxylic acid groups (broad SMARTS) is 1. The average Bonchev–Trinajstić information content (AvgIpc) is 2.89. The molecule has 1 saturated heterocycles. The van der Waals surface area contributed by atoms with Crippen LogP contribution in [0.15, 0.2) is 29.2 Å². The molecule has 1 aromatic rings. The zero-order chi connectivity index (χ0) is 14.0. The molecule has 1 aliphatic heterocycles. The highest BCUT2D eigenvalue weighted by atomic mass is 32.2. The Bertz CT molecular complexity index is 628. The molecule has 0 aliphatic carbocycles. The lowest BCUT2D eigenvalue weighted by Crippen LogP contribution is -2.30. The minimum Gasteiger partial charge on any atom is -0.481 e. The van der Waals surface area contributed by atoms with Crippen molar-refractivity contribution in [2.45, 2.75) is 11.3 Å². The summed E-state index contributed by atoms with van der Waals surface area (Å²) >= 11 is 0. The van der Waals surface area contributed by atoms with Gasteiger partial charge in [-0.25, -0.2) is 8.42 Å². The van der Waals surface area contributed by atoms with Gasteiger partial charge in [-0.15, -0.1) is 0 Å². The predicted molar refractivity (Wildman–Crippen MR) is 67.2 cm³/mol. The molecular weight excluding hydrogens is 266 g/mol. The molecular formula is C13H12NO4S. The van der Waals surface area contributed by atoms with Crippen LogP contribution in [0.5, 0.6) is 0 Å². The lowest BCUT2D eigenvalue weighted by molar-refractivity contribution is -0.141. The Balaban J connectivity index is 2.23. The zero-order valence-corrected chi connectivity index (χ0v) is 10.9. The van der Waals surface area contributed by atoms with Gasteiger partial charge in [0.2, 0.25) is 10.0 Å². The fourth-order valence-corrected chi connectivity index (χ4v) is 3.51. The number of hydrogen-bond acceptors (Lipinski definition) is 3. The summed E-state index contributed by atoms with van der Waals surface area (Å²) in [4.78, 5) is 11.0. The minimum absolute atomic E-state index is 0.0100. The van der Waals surface area contributed by atoms with E-state index in [1.165, 1.54) is 28.6 Å². The van der Waals surface area contributed by atoms with Crippen molar-refractivity contribution in [3.63, 3.8) is 0 Å². The lowest BCUT2D eigenvalue weighted by atomic mass is 10.1. The molecule has 0 amide bonds. The summed E-state index contributed by atoms with van der Waals surface area (Å²) in [6, 6.07) is 5.79. The lowest BCUT2D eigenvalue weighted by Gasteiger charge is -2.15. The van der Waals surface area contributed by atoms with Crippen molar-refractivity contribution < 1.29 is 18.3 Å². The van der Waals surface area contributed by atoms with E-state index in [0.29, 0.717) is 12.0 Å². The first kappa shape index (κ1) is 13.6. The largest absolute Gasteiger partial charge is 0.481 e. The van der Waals surface area contributed by atoms with Crippen LogP contribution in [0.2, 0.25) is 0 Å². The number of aliphatic carboxylic acids is 1. The normalized spacial score (nSPS) is 20.1. The van der Waals surface area contributed by atoms with Gasteiger partial charge in [0.15, 0.2) is 0 Å². The maximum Gasteiger partial charge on any atom is 0.307 e. The quantitative estimate of drug-likeness (QED) is 0.827. The molecule has 0 bridgehead atoms. The minimum atomic E-state index is -3.65. The van der Waals surface area contributed by atoms with Crippen molar-refractivity contribution in [1.82, 2.24) is 4.31 Å². The first-order valence-electron chi connectivity index (χ1n) is 5.71. The van der Waals surface area contributed by atoms with Gasteiger partial charge in [-0.1, -0.05) is 5.92 Å². The average molecular weight is 278 g/mol. The van der Waals surface area contributed by atoms with Gasteiger partial charge in [0.25, 0.3) is 0 Å². The van der Waals surface area contributed by atoms with Crippen LogP contribution in [0.25, 0.3) is 0 Å². The first-order chi connectivity index (χ1) is 8.95. The van der Waals surface area contributed by atoms with Crippen LogP contribution in [0.1, 0.15) is 12.0 Å². The number of nitrogens with zero attached hydrogens (tertiary/aromatic N) is 1. The van der Waals surface area contributed by atoms with Gasteiger partial charge < -0.3 is 5.11 Å². The summed E-state index contributed by atoms with van der Waals surface area (Å²) in [5.41, 5.74) is 0.490. The van der Waals surface area contributed by atoms with E-state index >= 15 is 0 Å². The van der Waals surface area contributed by atoms with E-state index in [2.05, 4.69) is 5.92 Å². The third kappa shape index (κ3) is 2.62. The summed E-state index contributed by atoms with van der Waals surface area (Å²) < 4.78 is 25.7. The summed E-state index contributed by atoms with van der Waals surface area (Å²) in [6.45, 7) is 0.230. The first-order valence-corrected chi connectivity index (χ1v) is 7.15. The maximum atomic E-state index is 12.3. The number of hydrogen-bond donors (Lipinski definition) is 1. The third-order valence-electron chi connectivity index (χ3n) is 3.14. The Morgan fingerprint density at radius 3 is 2.47 bits per heavy atom. The van der Waals surface area contributed by atoms with E-state index in [4.69, 9.17) is 11.5 Å². The molecule has 1 aliphatic rings. The number of carboxylic acids is 1. The van der Waals surface area contributed by atoms with Gasteiger partial charge in [0.1, 0.15) is 0 Å². The summed E-state index contributed by atoms with van der Waals surface area (Å²) in [6.07, 6.45) is 7.27. The molecule has 2 rings (SSSR count). The van der Waals surface area contributed by atoms with Crippen LogP contribution in [0, 0.1) is 18.3 Å². The van der Waals surface area contributed by atoms with E-state index in [0.717, 1.165) is 0 Å². The van der Waals surface area contributed by atoms with E-state index in [1.54, 1.807) is 0 Å². The topological polar surface area (TPSA) is 74.7 Å². The molecule has 1 aromatic carbocycles. The Labute approximate surface area is 111 Å². The molecule has 19 heavy (non-hydrogen) atoms. The van der Waals surface area contributed by atoms with Crippen LogP contribution < -0.4 is 0 Å². The highest BCUT2D eigenvalue weighted by molar-refractivity contribution is 7.89. The fourth-order valence-electron chi connectivity index (χ4n) is 2.01. The van der Waals surface area contributed by atoms with Crippen LogP contribution in [-0.4, -0.2) is 36.9 Å². The molecule has 0 aromatic heterocycles. The Morgan fingerprint density at radius 2 is 2.00 bits per heavy atom. The molecule has 1 heterocycles. The molecule has 1 fully saturated rings. The van der Waals surface area contributed by atoms with Crippen LogP contribution in [-0.2, 0) is 14.8 Å². The van der Waals surface area contributed by atoms with E-state index in [9.17, 15) is 13.2 Å². The van der Waals surface area contributed by atoms with E-state index < -0.39 is 21.9 Å². The summed E-state index contributed by atoms with van der Waals surface area (Å²) in [7, 11) is -3.65. The highest BCUT2D eigenvalue weighted by Gasteiger charge is 2.35. The van der Waals surface area contributed by atoms with Crippen LogP contribution in [0.4, 0.5) is 0 Å². The van der Waals surface area contributed by atoms with Crippen molar-refractivity contribution in [1.29, 1.82) is 0 Å². The second kappa shape index (κ2) is 5.03. The number of rotatable bonds is 3. The van der Waals surface area contributed by atoms with E-state index in [-0.39, 0.29) is 18.0 Å². The van der Waals surface area contributed by atoms with Crippen molar-refractivity contribution in [3.8, 4) is 5.92 Å². The maximum absolute atomic E-state index is 12.3. The molecule has 1 N–H and O–H groups in total. The molecule has 1 radical (unpaired) electrons. The zero-order valence-electron chi connectivity index (χ0n) is 10.0. The Hall–Kier alpha value is -1.84. The predicted octanol–water partition coefficient (Wildman–Crippen LogP) is 0.720. The van der Waals surface area contributed by atoms with Gasteiger partial charge in [-0.2, -0.15) is 4.31 Å². The van der Waals surface area contributed by atoms with Gasteiger partial charge in [-0.3, -0.25) is 4.79 Å². The van der Waals surface area contributed by atoms with Crippen molar-refractivity contribution in [3.05, 3.63) is 36.3 Å². The summed E-state index contributed by atoms with van der Waals surface area (Å²) in [5.74, 6) is 0.560. The molecule has 0 spiro atoms. The molecule has 0 saturated carbocycles. The van der Waals surface area contributed by atoms with Gasteiger partial charge in [0.05, 0.1) is 10.8 Å². The standard InChI is InChI=1S/C13H12NO4S/c1-2-10-3-5-12(6-4-10)19(17,18)14-8-7-11(9-14)13(15)16/h3-6,11H,7-9H2,(H,15,16). The van der Waals surface area contributed by atoms with Gasteiger partial charge >= 0.3 is 5.97 Å². The molecule has 1 unspecified atom stereocenters. The van der Waals surface area contributed by atoms with Crippen molar-refractivity contribution in [2.75, 3.05) is 13.1 Å². The Kier molecular flexibility index (Phi) is 3.60. The molecule has 5 nitrogen and oxygen atoms in total. The molecule has 1 atom stereocenters. The number of sulfonamides is 1. The second-order valence-corrected chi connectivity index (χ2v) is 6.27. The molecule has 6 heteroatoms. The third-order valence-corrected chi connectivity index (χ3v) is 5.02. The molecule has 99 valence electrons. The number of carbonyl (C=O) groups is 1. The summed E-state index contributed by atoms with van der Waals surface area (Å²) in [5, 5.41) is 8.89. The van der Waals surface area contributed by atoms with Gasteiger partial charge in [0, 0.05) is 18.7 Å². The van der Waals surface area contributed by atoms with Crippen molar-refractivity contribution in [2.24, 2.45) is 5.92 Å². The SMILES string of the molecule is [C]#Cc1ccc(S(=O)(=O)N2CCC(C(=O)O)C2)cc1. The monoisotopic (exact) mass is 278 g/mol. The second-order valence-electron chi connectivity index (χ2n) is 4.34. The van der Waals surface area contributed by atoms with E-state index in [1.807, 2.05) is 0 Å². The van der Waals surface area contributed by atoms with Crippen LogP contribution in [0.3, 0.4) is 0 Å². The van der Waals surface area contributed by atoms with Crippen LogP contribution >= 0.6 is 0 Å². The van der Waals surface area contributed by atoms with Gasteiger partial charge in [-0.05, 0) is 37.1 Å². The number of benzene rings is 1. The Morgan fingerprint density at radius 1 is 1.37 bits per heavy atom. The van der Waals surface area contributed by atoms with Crippen molar-refractivity contribution >= 4 is 16.0 Å². The highest BCUT2D eigenvalue weighted by Crippen LogP contribution is 2.24.